The topological polar surface area (TPSA) is 40.5 Å². The fourth-order valence-electron chi connectivity index (χ4n) is 1.61. The molecule has 3 atom stereocenters. The number of aliphatic hydroxyl groups is 2. The van der Waals surface area contributed by atoms with Crippen molar-refractivity contribution in [3.05, 3.63) is 0 Å². The molecule has 0 aromatic heterocycles. The van der Waals surface area contributed by atoms with Crippen molar-refractivity contribution in [3.63, 3.8) is 0 Å². The molecule has 0 aliphatic heterocycles. The zero-order valence-corrected chi connectivity index (χ0v) is 8.39. The van der Waals surface area contributed by atoms with Crippen LogP contribution >= 0.6 is 11.8 Å². The Bertz CT molecular complexity index is 130. The molecule has 0 bridgehead atoms. The fraction of sp³-hybridized carbons (Fsp3) is 1.00. The van der Waals surface area contributed by atoms with E-state index in [1.54, 1.807) is 0 Å². The van der Waals surface area contributed by atoms with Crippen molar-refractivity contribution in [2.24, 2.45) is 0 Å². The Morgan fingerprint density at radius 2 is 2.25 bits per heavy atom. The molecular formula is C9H18O2S. The van der Waals surface area contributed by atoms with Gasteiger partial charge in [-0.25, -0.2) is 0 Å². The molecular weight excluding hydrogens is 172 g/mol. The van der Waals surface area contributed by atoms with Crippen LogP contribution < -0.4 is 0 Å². The van der Waals surface area contributed by atoms with Crippen LogP contribution in [-0.4, -0.2) is 33.4 Å². The molecule has 1 aliphatic carbocycles. The van der Waals surface area contributed by atoms with Crippen molar-refractivity contribution in [3.8, 4) is 0 Å². The highest BCUT2D eigenvalue weighted by molar-refractivity contribution is 8.00. The monoisotopic (exact) mass is 190 g/mol. The second-order valence-electron chi connectivity index (χ2n) is 3.50. The van der Waals surface area contributed by atoms with Crippen LogP contribution in [0, 0.1) is 0 Å². The van der Waals surface area contributed by atoms with Crippen molar-refractivity contribution in [1.82, 2.24) is 0 Å². The van der Waals surface area contributed by atoms with Crippen molar-refractivity contribution in [2.75, 3.05) is 6.61 Å². The van der Waals surface area contributed by atoms with Gasteiger partial charge in [0.25, 0.3) is 0 Å². The van der Waals surface area contributed by atoms with Crippen LogP contribution in [0.5, 0.6) is 0 Å². The van der Waals surface area contributed by atoms with Gasteiger partial charge in [-0.05, 0) is 25.7 Å². The lowest BCUT2D eigenvalue weighted by Gasteiger charge is -2.18. The smallest absolute Gasteiger partial charge is 0.0658 e. The summed E-state index contributed by atoms with van der Waals surface area (Å²) in [4.78, 5) is 0. The van der Waals surface area contributed by atoms with Gasteiger partial charge in [0.05, 0.1) is 6.10 Å². The van der Waals surface area contributed by atoms with Gasteiger partial charge in [-0.15, -0.1) is 0 Å². The lowest BCUT2D eigenvalue weighted by atomic mass is 10.3. The summed E-state index contributed by atoms with van der Waals surface area (Å²) in [6.07, 6.45) is 4.00. The molecule has 1 saturated carbocycles. The molecule has 2 nitrogen and oxygen atoms in total. The van der Waals surface area contributed by atoms with E-state index < -0.39 is 0 Å². The number of hydrogen-bond acceptors (Lipinski definition) is 3. The molecule has 1 rings (SSSR count). The third kappa shape index (κ3) is 2.96. The minimum atomic E-state index is -0.101. The van der Waals surface area contributed by atoms with Gasteiger partial charge in [-0.3, -0.25) is 0 Å². The van der Waals surface area contributed by atoms with E-state index in [1.165, 1.54) is 0 Å². The highest BCUT2D eigenvalue weighted by Crippen LogP contribution is 2.33. The summed E-state index contributed by atoms with van der Waals surface area (Å²) in [5, 5.41) is 19.1. The lowest BCUT2D eigenvalue weighted by Crippen LogP contribution is -2.18. The molecule has 1 unspecified atom stereocenters. The van der Waals surface area contributed by atoms with E-state index in [0.29, 0.717) is 10.5 Å². The first-order valence-corrected chi connectivity index (χ1v) is 5.62. The summed E-state index contributed by atoms with van der Waals surface area (Å²) in [5.41, 5.74) is 0. The van der Waals surface area contributed by atoms with Crippen LogP contribution in [0.25, 0.3) is 0 Å². The molecule has 3 heteroatoms. The minimum Gasteiger partial charge on any atom is -0.396 e. The molecule has 0 aromatic carbocycles. The summed E-state index contributed by atoms with van der Waals surface area (Å²) in [7, 11) is 0. The minimum absolute atomic E-state index is 0.101. The summed E-state index contributed by atoms with van der Waals surface area (Å²) in [5.74, 6) is 0. The Labute approximate surface area is 78.4 Å². The highest BCUT2D eigenvalue weighted by atomic mass is 32.2. The predicted molar refractivity (Wildman–Crippen MR) is 52.4 cm³/mol. The molecule has 0 spiro atoms. The molecule has 0 radical (unpaired) electrons. The number of thioether (sulfide) groups is 1. The number of aliphatic hydroxyl groups excluding tert-OH is 2. The number of rotatable bonds is 4. The molecule has 2 N–H and O–H groups in total. The van der Waals surface area contributed by atoms with Crippen LogP contribution in [0.2, 0.25) is 0 Å². The van der Waals surface area contributed by atoms with Gasteiger partial charge in [-0.2, -0.15) is 11.8 Å². The Hall–Kier alpha value is 0.270. The van der Waals surface area contributed by atoms with Crippen molar-refractivity contribution >= 4 is 11.8 Å². The van der Waals surface area contributed by atoms with Crippen LogP contribution in [0.1, 0.15) is 32.6 Å². The van der Waals surface area contributed by atoms with Crippen LogP contribution in [0.15, 0.2) is 0 Å². The van der Waals surface area contributed by atoms with Crippen molar-refractivity contribution in [1.29, 1.82) is 0 Å². The Kier molecular flexibility index (Phi) is 4.40. The summed E-state index contributed by atoms with van der Waals surface area (Å²) >= 11 is 1.83. The van der Waals surface area contributed by atoms with Gasteiger partial charge in [0.1, 0.15) is 0 Å². The Balaban J connectivity index is 2.20. The SMILES string of the molecule is CC(CCO)S[C@H]1CCC[C@@H]1O. The molecule has 0 saturated heterocycles. The van der Waals surface area contributed by atoms with Crippen molar-refractivity contribution < 1.29 is 10.2 Å². The first-order valence-electron chi connectivity index (χ1n) is 4.68. The van der Waals surface area contributed by atoms with Crippen LogP contribution in [0.3, 0.4) is 0 Å². The second-order valence-corrected chi connectivity index (χ2v) is 5.18. The van der Waals surface area contributed by atoms with Gasteiger partial charge in [-0.1, -0.05) is 6.92 Å². The second kappa shape index (κ2) is 5.10. The first kappa shape index (κ1) is 10.4. The van der Waals surface area contributed by atoms with E-state index in [2.05, 4.69) is 6.92 Å². The van der Waals surface area contributed by atoms with Crippen LogP contribution in [-0.2, 0) is 0 Å². The van der Waals surface area contributed by atoms with Gasteiger partial charge in [0, 0.05) is 17.1 Å². The average molecular weight is 190 g/mol. The average Bonchev–Trinajstić information content (AvgIpc) is 2.37. The summed E-state index contributed by atoms with van der Waals surface area (Å²) in [6.45, 7) is 2.38. The highest BCUT2D eigenvalue weighted by Gasteiger charge is 2.26. The zero-order valence-electron chi connectivity index (χ0n) is 7.57. The van der Waals surface area contributed by atoms with E-state index in [4.69, 9.17) is 5.11 Å². The third-order valence-electron chi connectivity index (χ3n) is 2.36. The standard InChI is InChI=1S/C9H18O2S/c1-7(5-6-10)12-9-4-2-3-8(9)11/h7-11H,2-6H2,1H3/t7?,8-,9-/m0/s1. The molecule has 72 valence electrons. The normalized spacial score (nSPS) is 32.2. The molecule has 1 fully saturated rings. The maximum Gasteiger partial charge on any atom is 0.0658 e. The van der Waals surface area contributed by atoms with Gasteiger partial charge in [0.2, 0.25) is 0 Å². The Morgan fingerprint density at radius 3 is 2.75 bits per heavy atom. The lowest BCUT2D eigenvalue weighted by molar-refractivity contribution is 0.187. The first-order chi connectivity index (χ1) is 5.74. The van der Waals surface area contributed by atoms with Crippen molar-refractivity contribution in [2.45, 2.75) is 49.2 Å². The molecule has 0 aromatic rings. The van der Waals surface area contributed by atoms with E-state index in [9.17, 15) is 5.11 Å². The summed E-state index contributed by atoms with van der Waals surface area (Å²) < 4.78 is 0. The maximum absolute atomic E-state index is 9.52. The molecule has 0 amide bonds. The Morgan fingerprint density at radius 1 is 1.50 bits per heavy atom. The van der Waals surface area contributed by atoms with E-state index in [0.717, 1.165) is 25.7 Å². The van der Waals surface area contributed by atoms with Gasteiger partial charge >= 0.3 is 0 Å². The third-order valence-corrected chi connectivity index (χ3v) is 3.96. The zero-order chi connectivity index (χ0) is 8.97. The van der Waals surface area contributed by atoms with Gasteiger partial charge < -0.3 is 10.2 Å². The molecule has 1 aliphatic rings. The summed E-state index contributed by atoms with van der Waals surface area (Å²) in [6, 6.07) is 0. The quantitative estimate of drug-likeness (QED) is 0.704. The van der Waals surface area contributed by atoms with Crippen LogP contribution in [0.4, 0.5) is 0 Å². The molecule has 0 heterocycles. The van der Waals surface area contributed by atoms with Gasteiger partial charge in [0.15, 0.2) is 0 Å². The van der Waals surface area contributed by atoms with E-state index >= 15 is 0 Å². The largest absolute Gasteiger partial charge is 0.396 e. The maximum atomic E-state index is 9.52. The fourth-order valence-corrected chi connectivity index (χ4v) is 3.07. The van der Waals surface area contributed by atoms with E-state index in [-0.39, 0.29) is 12.7 Å². The molecule has 12 heavy (non-hydrogen) atoms. The predicted octanol–water partition coefficient (Wildman–Crippen LogP) is 1.40. The number of hydrogen-bond donors (Lipinski definition) is 2. The van der Waals surface area contributed by atoms with E-state index in [1.807, 2.05) is 11.8 Å².